The predicted molar refractivity (Wildman–Crippen MR) is 234 cm³/mol. The van der Waals surface area contributed by atoms with Crippen LogP contribution in [0.25, 0.3) is 44.1 Å². The van der Waals surface area contributed by atoms with E-state index in [1.807, 2.05) is 60.7 Å². The lowest BCUT2D eigenvalue weighted by Crippen LogP contribution is -2.28. The number of benzene rings is 7. The summed E-state index contributed by atoms with van der Waals surface area (Å²) in [6.07, 6.45) is 9.08. The number of anilines is 2. The highest BCUT2D eigenvalue weighted by Gasteiger charge is 2.38. The Morgan fingerprint density at radius 2 is 1.18 bits per heavy atom. The molecule has 2 atom stereocenters. The van der Waals surface area contributed by atoms with Gasteiger partial charge in [-0.3, -0.25) is 0 Å². The van der Waals surface area contributed by atoms with E-state index in [4.69, 9.17) is 15.7 Å². The van der Waals surface area contributed by atoms with Gasteiger partial charge in [-0.05, 0) is 70.3 Å². The molecule has 2 heterocycles. The van der Waals surface area contributed by atoms with Gasteiger partial charge in [0.1, 0.15) is 12.5 Å². The lowest BCUT2D eigenvalue weighted by molar-refractivity contribution is 0.745. The minimum absolute atomic E-state index is 0.213. The molecule has 2 N–H and O–H groups in total. The number of hydrogen-bond donors (Lipinski definition) is 1. The van der Waals surface area contributed by atoms with Crippen LogP contribution in [-0.2, 0) is 6.67 Å². The first-order chi connectivity index (χ1) is 27.7. The van der Waals surface area contributed by atoms with E-state index in [0.29, 0.717) is 18.3 Å². The summed E-state index contributed by atoms with van der Waals surface area (Å²) in [6.45, 7) is 0.380. The summed E-state index contributed by atoms with van der Waals surface area (Å²) in [5.41, 5.74) is 19.2. The molecule has 268 valence electrons. The van der Waals surface area contributed by atoms with Crippen molar-refractivity contribution in [2.45, 2.75) is 18.6 Å². The summed E-state index contributed by atoms with van der Waals surface area (Å²) in [4.78, 5) is 12.5. The third-order valence-corrected chi connectivity index (χ3v) is 11.1. The summed E-state index contributed by atoms with van der Waals surface area (Å²) in [7, 11) is 0. The molecule has 0 saturated carbocycles. The number of aromatic nitrogens is 1. The van der Waals surface area contributed by atoms with Gasteiger partial charge >= 0.3 is 0 Å². The highest BCUT2D eigenvalue weighted by Crippen LogP contribution is 2.51. The molecule has 0 spiro atoms. The number of hydrogen-bond acceptors (Lipinski definition) is 2. The van der Waals surface area contributed by atoms with Crippen LogP contribution in [0.4, 0.5) is 11.4 Å². The van der Waals surface area contributed by atoms with E-state index in [1.54, 1.807) is 0 Å². The Morgan fingerprint density at radius 1 is 0.554 bits per heavy atom. The zero-order chi connectivity index (χ0) is 37.4. The van der Waals surface area contributed by atoms with Crippen molar-refractivity contribution < 1.29 is 0 Å². The molecule has 8 aromatic rings. The number of aliphatic imine (C=N–C) groups is 2. The second-order valence-corrected chi connectivity index (χ2v) is 14.3. The van der Waals surface area contributed by atoms with Crippen molar-refractivity contribution >= 4 is 44.9 Å². The van der Waals surface area contributed by atoms with Crippen molar-refractivity contribution in [3.63, 3.8) is 0 Å². The van der Waals surface area contributed by atoms with E-state index in [-0.39, 0.29) is 12.0 Å². The second kappa shape index (κ2) is 14.2. The minimum Gasteiger partial charge on any atom is -0.383 e. The average molecular weight is 722 g/mol. The van der Waals surface area contributed by atoms with Gasteiger partial charge in [-0.1, -0.05) is 158 Å². The van der Waals surface area contributed by atoms with Crippen LogP contribution in [0, 0.1) is 0 Å². The van der Waals surface area contributed by atoms with Gasteiger partial charge in [-0.2, -0.15) is 0 Å². The molecule has 10 rings (SSSR count). The molecule has 0 saturated heterocycles. The summed E-state index contributed by atoms with van der Waals surface area (Å²) < 4.78 is 2.29. The lowest BCUT2D eigenvalue weighted by atomic mass is 9.86. The van der Waals surface area contributed by atoms with Crippen molar-refractivity contribution in [3.8, 4) is 22.3 Å². The van der Waals surface area contributed by atoms with Crippen LogP contribution >= 0.6 is 0 Å². The standard InChI is InChI=1S/C51H39N5/c52-50(36-19-7-2-8-20-36)54-51(37-21-9-3-10-22-37)53-34-55-46-27-15-13-25-40(46)44-31-38(29-30-47(44)55)42-32-45-41-26-14-16-28-48(41)56(39-23-11-4-12-24-39)49(45)33-43(42)35-17-5-1-6-18-35/h1-33,41,48H,34H2,(H2,52,53,54). The first-order valence-corrected chi connectivity index (χ1v) is 19.1. The predicted octanol–water partition coefficient (Wildman–Crippen LogP) is 11.7. The van der Waals surface area contributed by atoms with Crippen LogP contribution in [0.5, 0.6) is 0 Å². The summed E-state index contributed by atoms with van der Waals surface area (Å²) >= 11 is 0. The molecule has 5 heteroatoms. The number of rotatable bonds is 7. The fourth-order valence-corrected chi connectivity index (χ4v) is 8.44. The van der Waals surface area contributed by atoms with Gasteiger partial charge in [-0.15, -0.1) is 0 Å². The number of amidine groups is 2. The normalized spacial score (nSPS) is 16.4. The molecule has 1 aromatic heterocycles. The minimum atomic E-state index is 0.213. The summed E-state index contributed by atoms with van der Waals surface area (Å²) in [5, 5.41) is 2.37. The summed E-state index contributed by atoms with van der Waals surface area (Å²) in [5.74, 6) is 1.27. The zero-order valence-corrected chi connectivity index (χ0v) is 30.8. The fraction of sp³-hybridized carbons (Fsp3) is 0.0588. The second-order valence-electron chi connectivity index (χ2n) is 14.3. The monoisotopic (exact) mass is 721 g/mol. The highest BCUT2D eigenvalue weighted by molar-refractivity contribution is 6.12. The number of nitrogens with zero attached hydrogens (tertiary/aromatic N) is 4. The SMILES string of the molecule is NC(=N/C(=N\Cn1c2ccccc2c2cc(-c3cc4c(cc3-c3ccccc3)N(c3ccccc3)C3C=CC=CC43)ccc21)c1ccccc1)c1ccccc1. The van der Waals surface area contributed by atoms with Crippen molar-refractivity contribution in [2.75, 3.05) is 4.90 Å². The lowest BCUT2D eigenvalue weighted by Gasteiger charge is -2.28. The molecule has 5 nitrogen and oxygen atoms in total. The summed E-state index contributed by atoms with van der Waals surface area (Å²) in [6, 6.07) is 62.1. The molecule has 7 aromatic carbocycles. The first kappa shape index (κ1) is 33.3. The van der Waals surface area contributed by atoms with Gasteiger partial charge in [0, 0.05) is 39.2 Å². The van der Waals surface area contributed by atoms with Crippen molar-refractivity contribution in [3.05, 3.63) is 217 Å². The molecular weight excluding hydrogens is 683 g/mol. The topological polar surface area (TPSA) is 58.9 Å². The van der Waals surface area contributed by atoms with Gasteiger partial charge in [0.25, 0.3) is 0 Å². The Morgan fingerprint density at radius 3 is 1.95 bits per heavy atom. The molecule has 1 aliphatic heterocycles. The van der Waals surface area contributed by atoms with Gasteiger partial charge in [0.15, 0.2) is 5.84 Å². The molecule has 0 radical (unpaired) electrons. The molecular formula is C51H39N5. The molecule has 2 unspecified atom stereocenters. The van der Waals surface area contributed by atoms with E-state index in [9.17, 15) is 0 Å². The van der Waals surface area contributed by atoms with E-state index >= 15 is 0 Å². The largest absolute Gasteiger partial charge is 0.383 e. The molecule has 2 aliphatic rings. The van der Waals surface area contributed by atoms with E-state index in [0.717, 1.165) is 22.2 Å². The van der Waals surface area contributed by atoms with Gasteiger partial charge < -0.3 is 15.2 Å². The Bertz CT molecular complexity index is 2830. The van der Waals surface area contributed by atoms with Crippen molar-refractivity contribution in [2.24, 2.45) is 15.7 Å². The van der Waals surface area contributed by atoms with Crippen LogP contribution in [0.2, 0.25) is 0 Å². The van der Waals surface area contributed by atoms with Gasteiger partial charge in [-0.25, -0.2) is 9.98 Å². The van der Waals surface area contributed by atoms with E-state index < -0.39 is 0 Å². The quantitative estimate of drug-likeness (QED) is 0.132. The smallest absolute Gasteiger partial charge is 0.158 e. The van der Waals surface area contributed by atoms with Crippen molar-refractivity contribution in [1.29, 1.82) is 0 Å². The van der Waals surface area contributed by atoms with E-state index in [1.165, 1.54) is 50.0 Å². The van der Waals surface area contributed by atoms with Crippen molar-refractivity contribution in [1.82, 2.24) is 4.57 Å². The van der Waals surface area contributed by atoms with Gasteiger partial charge in [0.05, 0.1) is 17.1 Å². The maximum atomic E-state index is 6.55. The fourth-order valence-electron chi connectivity index (χ4n) is 8.44. The average Bonchev–Trinajstić information content (AvgIpc) is 3.77. The molecule has 1 aliphatic carbocycles. The van der Waals surface area contributed by atoms with Crippen LogP contribution in [-0.4, -0.2) is 22.3 Å². The number of allylic oxidation sites excluding steroid dienone is 2. The number of fused-ring (bicyclic) bond motifs is 6. The molecule has 0 amide bonds. The molecule has 56 heavy (non-hydrogen) atoms. The maximum absolute atomic E-state index is 6.55. The van der Waals surface area contributed by atoms with Crippen LogP contribution in [0.15, 0.2) is 210 Å². The molecule has 0 fully saturated rings. The first-order valence-electron chi connectivity index (χ1n) is 19.1. The molecule has 0 bridgehead atoms. The van der Waals surface area contributed by atoms with Crippen LogP contribution < -0.4 is 10.6 Å². The van der Waals surface area contributed by atoms with Crippen LogP contribution in [0.3, 0.4) is 0 Å². The highest BCUT2D eigenvalue weighted by atomic mass is 15.2. The zero-order valence-electron chi connectivity index (χ0n) is 30.8. The Hall–Kier alpha value is -7.24. The van der Waals surface area contributed by atoms with Gasteiger partial charge in [0.2, 0.25) is 0 Å². The third-order valence-electron chi connectivity index (χ3n) is 11.1. The number of nitrogens with two attached hydrogens (primary N) is 1. The number of para-hydroxylation sites is 2. The Balaban J connectivity index is 1.12. The third kappa shape index (κ3) is 5.91. The maximum Gasteiger partial charge on any atom is 0.158 e. The van der Waals surface area contributed by atoms with Crippen LogP contribution in [0.1, 0.15) is 22.6 Å². The van der Waals surface area contributed by atoms with E-state index in [2.05, 4.69) is 149 Å². The Kier molecular flexibility index (Phi) is 8.45. The Labute approximate surface area is 326 Å².